The number of aromatic nitrogens is 2. The number of halogens is 1. The van der Waals surface area contributed by atoms with Gasteiger partial charge < -0.3 is 0 Å². The van der Waals surface area contributed by atoms with Crippen LogP contribution in [0.4, 0.5) is 5.82 Å². The van der Waals surface area contributed by atoms with Crippen LogP contribution in [0.25, 0.3) is 11.1 Å². The molecule has 7 heteroatoms. The second kappa shape index (κ2) is 7.01. The lowest BCUT2D eigenvalue weighted by atomic mass is 10.1. The molecule has 25 heavy (non-hydrogen) atoms. The number of rotatable bonds is 5. The first-order valence-corrected chi connectivity index (χ1v) is 9.20. The van der Waals surface area contributed by atoms with Gasteiger partial charge in [-0.3, -0.25) is 9.40 Å². The largest absolute Gasteiger partial charge is 0.263 e. The Morgan fingerprint density at radius 1 is 1.12 bits per heavy atom. The molecule has 0 spiro atoms. The zero-order valence-corrected chi connectivity index (χ0v) is 14.6. The molecule has 2 aromatic carbocycles. The van der Waals surface area contributed by atoms with Crippen molar-refractivity contribution in [1.29, 1.82) is 0 Å². The van der Waals surface area contributed by atoms with Gasteiger partial charge in [0.1, 0.15) is 6.54 Å². The monoisotopic (exact) mass is 371 g/mol. The van der Waals surface area contributed by atoms with Crippen molar-refractivity contribution in [1.82, 2.24) is 9.78 Å². The predicted octanol–water partition coefficient (Wildman–Crippen LogP) is 3.64. The Labute approximate surface area is 151 Å². The van der Waals surface area contributed by atoms with Crippen molar-refractivity contribution in [2.24, 2.45) is 0 Å². The fraction of sp³-hybridized carbons (Fsp3) is 0.0556. The van der Waals surface area contributed by atoms with Gasteiger partial charge in [0.15, 0.2) is 5.82 Å². The van der Waals surface area contributed by atoms with Crippen LogP contribution in [-0.4, -0.2) is 18.2 Å². The van der Waals surface area contributed by atoms with Crippen molar-refractivity contribution in [2.75, 3.05) is 4.72 Å². The molecular formula is C18H14ClN3O2S. The van der Waals surface area contributed by atoms with Crippen LogP contribution in [0.1, 0.15) is 0 Å². The Bertz CT molecular complexity index is 1020. The highest BCUT2D eigenvalue weighted by Gasteiger charge is 2.19. The predicted molar refractivity (Wildman–Crippen MR) is 98.8 cm³/mol. The van der Waals surface area contributed by atoms with Crippen molar-refractivity contribution in [3.05, 3.63) is 65.8 Å². The zero-order chi connectivity index (χ0) is 17.9. The molecule has 0 radical (unpaired) electrons. The second-order valence-electron chi connectivity index (χ2n) is 5.22. The summed E-state index contributed by atoms with van der Waals surface area (Å²) in [5.74, 6) is 2.69. The van der Waals surface area contributed by atoms with Gasteiger partial charge in [0.25, 0.3) is 10.0 Å². The first-order valence-electron chi connectivity index (χ1n) is 7.34. The van der Waals surface area contributed by atoms with Crippen LogP contribution >= 0.6 is 11.6 Å². The van der Waals surface area contributed by atoms with Crippen molar-refractivity contribution in [3.8, 4) is 23.5 Å². The Morgan fingerprint density at radius 2 is 1.80 bits per heavy atom. The Kier molecular flexibility index (Phi) is 4.79. The van der Waals surface area contributed by atoms with Crippen LogP contribution in [0.15, 0.2) is 65.7 Å². The van der Waals surface area contributed by atoms with E-state index in [0.29, 0.717) is 10.6 Å². The van der Waals surface area contributed by atoms with E-state index in [0.717, 1.165) is 5.56 Å². The molecule has 1 aromatic heterocycles. The van der Waals surface area contributed by atoms with Crippen molar-refractivity contribution >= 4 is 27.4 Å². The molecule has 0 aliphatic heterocycles. The molecule has 3 aromatic rings. The summed E-state index contributed by atoms with van der Waals surface area (Å²) >= 11 is 5.92. The summed E-state index contributed by atoms with van der Waals surface area (Å²) < 4.78 is 29.2. The van der Waals surface area contributed by atoms with Crippen LogP contribution in [0.3, 0.4) is 0 Å². The number of nitrogens with one attached hydrogen (secondary N) is 1. The van der Waals surface area contributed by atoms with E-state index in [-0.39, 0.29) is 17.3 Å². The molecule has 0 unspecified atom stereocenters. The highest BCUT2D eigenvalue weighted by atomic mass is 35.5. The molecule has 0 atom stereocenters. The van der Waals surface area contributed by atoms with E-state index in [1.54, 1.807) is 48.7 Å². The fourth-order valence-electron chi connectivity index (χ4n) is 2.30. The summed E-state index contributed by atoms with van der Waals surface area (Å²) in [6.07, 6.45) is 7.03. The molecule has 0 amide bonds. The van der Waals surface area contributed by atoms with Gasteiger partial charge in [-0.2, -0.15) is 5.10 Å². The Morgan fingerprint density at radius 3 is 2.44 bits per heavy atom. The normalized spacial score (nSPS) is 11.0. The van der Waals surface area contributed by atoms with Gasteiger partial charge in [-0.1, -0.05) is 47.9 Å². The fourth-order valence-corrected chi connectivity index (χ4v) is 3.46. The first kappa shape index (κ1) is 17.1. The van der Waals surface area contributed by atoms with Crippen molar-refractivity contribution < 1.29 is 8.42 Å². The van der Waals surface area contributed by atoms with E-state index in [4.69, 9.17) is 18.0 Å². The Balaban J connectivity index is 2.03. The number of sulfonamides is 1. The lowest BCUT2D eigenvalue weighted by molar-refractivity contribution is 0.600. The number of benzene rings is 2. The minimum Gasteiger partial charge on any atom is -0.261 e. The number of anilines is 1. The van der Waals surface area contributed by atoms with E-state index in [2.05, 4.69) is 15.7 Å². The maximum atomic E-state index is 12.6. The minimum atomic E-state index is -3.76. The quantitative estimate of drug-likeness (QED) is 0.696. The van der Waals surface area contributed by atoms with Crippen LogP contribution in [0.2, 0.25) is 5.02 Å². The molecule has 0 aliphatic rings. The lowest BCUT2D eigenvalue weighted by Gasteiger charge is -2.07. The highest BCUT2D eigenvalue weighted by Crippen LogP contribution is 2.29. The smallest absolute Gasteiger partial charge is 0.261 e. The molecule has 3 rings (SSSR count). The second-order valence-corrected chi connectivity index (χ2v) is 7.34. The standard InChI is InChI=1S/C18H14ClN3O2S/c1-2-12-22-13-17(14-8-10-15(19)11-9-14)18(20-22)21-25(23,24)16-6-4-3-5-7-16/h1,3-11,13H,12H2,(H,20,21). The maximum absolute atomic E-state index is 12.6. The van der Waals surface area contributed by atoms with Gasteiger partial charge >= 0.3 is 0 Å². The van der Waals surface area contributed by atoms with E-state index in [1.165, 1.54) is 16.8 Å². The summed E-state index contributed by atoms with van der Waals surface area (Å²) in [4.78, 5) is 0.156. The third-order valence-corrected chi connectivity index (χ3v) is 5.06. The summed E-state index contributed by atoms with van der Waals surface area (Å²) in [5.41, 5.74) is 1.39. The average Bonchev–Trinajstić information content (AvgIpc) is 2.98. The van der Waals surface area contributed by atoms with Crippen LogP contribution in [0.5, 0.6) is 0 Å². The summed E-state index contributed by atoms with van der Waals surface area (Å²) in [6, 6.07) is 15.1. The highest BCUT2D eigenvalue weighted by molar-refractivity contribution is 7.92. The third-order valence-electron chi connectivity index (χ3n) is 3.45. The Hall–Kier alpha value is -2.75. The van der Waals surface area contributed by atoms with Gasteiger partial charge in [0.05, 0.1) is 4.90 Å². The van der Waals surface area contributed by atoms with Crippen molar-refractivity contribution in [3.63, 3.8) is 0 Å². The topological polar surface area (TPSA) is 64.0 Å². The van der Waals surface area contributed by atoms with Crippen LogP contribution in [-0.2, 0) is 16.6 Å². The number of hydrogen-bond acceptors (Lipinski definition) is 3. The molecule has 1 heterocycles. The SMILES string of the molecule is C#CCn1cc(-c2ccc(Cl)cc2)c(NS(=O)(=O)c2ccccc2)n1. The average molecular weight is 372 g/mol. The lowest BCUT2D eigenvalue weighted by Crippen LogP contribution is -2.14. The van der Waals surface area contributed by atoms with Crippen molar-refractivity contribution in [2.45, 2.75) is 11.4 Å². The van der Waals surface area contributed by atoms with Gasteiger partial charge in [-0.15, -0.1) is 6.42 Å². The number of nitrogens with zero attached hydrogens (tertiary/aromatic N) is 2. The molecule has 0 saturated heterocycles. The summed E-state index contributed by atoms with van der Waals surface area (Å²) in [6.45, 7) is 0.230. The number of hydrogen-bond donors (Lipinski definition) is 1. The molecule has 126 valence electrons. The molecule has 1 N–H and O–H groups in total. The van der Waals surface area contributed by atoms with E-state index in [9.17, 15) is 8.42 Å². The van der Waals surface area contributed by atoms with E-state index in [1.807, 2.05) is 0 Å². The zero-order valence-electron chi connectivity index (χ0n) is 13.1. The molecule has 0 fully saturated rings. The van der Waals surface area contributed by atoms with Gasteiger partial charge in [-0.05, 0) is 29.8 Å². The third kappa shape index (κ3) is 3.85. The van der Waals surface area contributed by atoms with E-state index < -0.39 is 10.0 Å². The van der Waals surface area contributed by atoms with Gasteiger partial charge in [-0.25, -0.2) is 8.42 Å². The maximum Gasteiger partial charge on any atom is 0.263 e. The molecule has 5 nitrogen and oxygen atoms in total. The molecular weight excluding hydrogens is 358 g/mol. The van der Waals surface area contributed by atoms with Crippen LogP contribution < -0.4 is 4.72 Å². The van der Waals surface area contributed by atoms with Gasteiger partial charge in [0, 0.05) is 16.8 Å². The van der Waals surface area contributed by atoms with E-state index >= 15 is 0 Å². The molecule has 0 aliphatic carbocycles. The van der Waals surface area contributed by atoms with Gasteiger partial charge in [0.2, 0.25) is 0 Å². The summed E-state index contributed by atoms with van der Waals surface area (Å²) in [5, 5.41) is 4.85. The summed E-state index contributed by atoms with van der Waals surface area (Å²) in [7, 11) is -3.76. The van der Waals surface area contributed by atoms with Crippen LogP contribution in [0, 0.1) is 12.3 Å². The number of terminal acetylenes is 1. The molecule has 0 saturated carbocycles. The first-order chi connectivity index (χ1) is 12.0. The minimum absolute atomic E-state index is 0.156. The molecule has 0 bridgehead atoms.